The molecule has 10 nitrogen and oxygen atoms in total. The van der Waals surface area contributed by atoms with E-state index in [9.17, 15) is 14.9 Å². The average molecular weight is 418 g/mol. The van der Waals surface area contributed by atoms with E-state index in [1.165, 1.54) is 26.4 Å². The molecule has 0 fully saturated rings. The Labute approximate surface area is 172 Å². The van der Waals surface area contributed by atoms with Crippen LogP contribution in [0.3, 0.4) is 0 Å². The van der Waals surface area contributed by atoms with Crippen LogP contribution in [-0.4, -0.2) is 57.5 Å². The van der Waals surface area contributed by atoms with Gasteiger partial charge in [-0.1, -0.05) is 12.1 Å². The van der Waals surface area contributed by atoms with Gasteiger partial charge in [-0.15, -0.1) is 0 Å². The lowest BCUT2D eigenvalue weighted by atomic mass is 10.1. The van der Waals surface area contributed by atoms with Crippen molar-refractivity contribution in [1.29, 1.82) is 0 Å². The summed E-state index contributed by atoms with van der Waals surface area (Å²) in [6, 6.07) is 9.65. The first-order valence-corrected chi connectivity index (χ1v) is 9.18. The summed E-state index contributed by atoms with van der Waals surface area (Å²) in [6.07, 6.45) is -0.429. The third kappa shape index (κ3) is 4.90. The highest BCUT2D eigenvalue weighted by atomic mass is 16.6. The molecule has 0 saturated carbocycles. The Morgan fingerprint density at radius 2 is 1.97 bits per heavy atom. The predicted molar refractivity (Wildman–Crippen MR) is 106 cm³/mol. The van der Waals surface area contributed by atoms with Crippen LogP contribution < -0.4 is 24.3 Å². The summed E-state index contributed by atoms with van der Waals surface area (Å²) in [5, 5.41) is 14.2. The molecule has 1 aliphatic heterocycles. The number of rotatable bonds is 9. The predicted octanol–water partition coefficient (Wildman–Crippen LogP) is 2.20. The van der Waals surface area contributed by atoms with Crippen LogP contribution in [0, 0.1) is 10.1 Å². The first-order chi connectivity index (χ1) is 14.5. The van der Waals surface area contributed by atoms with Gasteiger partial charge in [0.15, 0.2) is 23.0 Å². The first kappa shape index (κ1) is 21.2. The number of methoxy groups -OCH3 is 2. The second kappa shape index (κ2) is 9.79. The standard InChI is InChI=1S/C20H22N2O8/c1-26-7-8-28-19-10-15(22(24)25)14(9-18(19)27-2)20(23)21-11-13-12-29-16-5-3-4-6-17(16)30-13/h3-6,9-10,13H,7-8,11-12H2,1-2H3,(H,21,23). The van der Waals surface area contributed by atoms with Gasteiger partial charge in [0.1, 0.15) is 24.9 Å². The molecule has 0 radical (unpaired) electrons. The Balaban J connectivity index is 1.72. The molecule has 1 aliphatic rings. The number of nitrogens with one attached hydrogen (secondary N) is 1. The highest BCUT2D eigenvalue weighted by Crippen LogP contribution is 2.35. The smallest absolute Gasteiger partial charge is 0.286 e. The van der Waals surface area contributed by atoms with E-state index in [1.54, 1.807) is 12.1 Å². The number of nitro benzene ring substituents is 1. The van der Waals surface area contributed by atoms with Crippen LogP contribution in [0.25, 0.3) is 0 Å². The topological polar surface area (TPSA) is 118 Å². The summed E-state index contributed by atoms with van der Waals surface area (Å²) in [4.78, 5) is 23.5. The summed E-state index contributed by atoms with van der Waals surface area (Å²) in [5.41, 5.74) is -0.542. The molecule has 3 rings (SSSR count). The summed E-state index contributed by atoms with van der Waals surface area (Å²) in [7, 11) is 2.90. The fourth-order valence-corrected chi connectivity index (χ4v) is 2.85. The second-order valence-electron chi connectivity index (χ2n) is 6.33. The van der Waals surface area contributed by atoms with E-state index in [1.807, 2.05) is 12.1 Å². The van der Waals surface area contributed by atoms with Gasteiger partial charge in [-0.3, -0.25) is 14.9 Å². The van der Waals surface area contributed by atoms with Crippen molar-refractivity contribution >= 4 is 11.6 Å². The number of carbonyl (C=O) groups excluding carboxylic acids is 1. The molecule has 30 heavy (non-hydrogen) atoms. The van der Waals surface area contributed by atoms with E-state index in [-0.39, 0.29) is 36.8 Å². The maximum Gasteiger partial charge on any atom is 0.286 e. The monoisotopic (exact) mass is 418 g/mol. The van der Waals surface area contributed by atoms with Crippen molar-refractivity contribution < 1.29 is 33.4 Å². The van der Waals surface area contributed by atoms with Gasteiger partial charge in [0, 0.05) is 13.2 Å². The zero-order chi connectivity index (χ0) is 21.5. The van der Waals surface area contributed by atoms with E-state index >= 15 is 0 Å². The highest BCUT2D eigenvalue weighted by Gasteiger charge is 2.27. The fourth-order valence-electron chi connectivity index (χ4n) is 2.85. The van der Waals surface area contributed by atoms with Gasteiger partial charge in [0.05, 0.1) is 31.3 Å². The molecule has 0 aliphatic carbocycles. The molecule has 1 atom stereocenters. The molecule has 2 aromatic rings. The second-order valence-corrected chi connectivity index (χ2v) is 6.33. The number of amides is 1. The van der Waals surface area contributed by atoms with Crippen LogP contribution in [-0.2, 0) is 4.74 Å². The lowest BCUT2D eigenvalue weighted by Gasteiger charge is -2.26. The molecular formula is C20H22N2O8. The lowest BCUT2D eigenvalue weighted by molar-refractivity contribution is -0.385. The Kier molecular flexibility index (Phi) is 6.91. The van der Waals surface area contributed by atoms with Gasteiger partial charge in [-0.2, -0.15) is 0 Å². The Morgan fingerprint density at radius 1 is 1.20 bits per heavy atom. The zero-order valence-corrected chi connectivity index (χ0v) is 16.6. The van der Waals surface area contributed by atoms with Crippen LogP contribution >= 0.6 is 0 Å². The maximum absolute atomic E-state index is 12.7. The SMILES string of the molecule is COCCOc1cc([N+](=O)[O-])c(C(=O)NCC2COc3ccccc3O2)cc1OC. The number of para-hydroxylation sites is 2. The van der Waals surface area contributed by atoms with Crippen LogP contribution in [0.1, 0.15) is 10.4 Å². The van der Waals surface area contributed by atoms with Crippen LogP contribution in [0.5, 0.6) is 23.0 Å². The van der Waals surface area contributed by atoms with Gasteiger partial charge in [0.2, 0.25) is 0 Å². The van der Waals surface area contributed by atoms with Crippen molar-refractivity contribution in [1.82, 2.24) is 5.32 Å². The number of hydrogen-bond donors (Lipinski definition) is 1. The highest BCUT2D eigenvalue weighted by molar-refractivity contribution is 5.99. The molecule has 10 heteroatoms. The minimum atomic E-state index is -0.645. The van der Waals surface area contributed by atoms with Crippen LogP contribution in [0.2, 0.25) is 0 Å². The summed E-state index contributed by atoms with van der Waals surface area (Å²) in [6.45, 7) is 0.829. The van der Waals surface area contributed by atoms with Gasteiger partial charge >= 0.3 is 0 Å². The quantitative estimate of drug-likeness (QED) is 0.374. The Bertz CT molecular complexity index is 918. The number of fused-ring (bicyclic) bond motifs is 1. The normalized spacial score (nSPS) is 14.7. The van der Waals surface area contributed by atoms with Crippen molar-refractivity contribution in [3.05, 3.63) is 52.1 Å². The van der Waals surface area contributed by atoms with E-state index in [0.29, 0.717) is 18.1 Å². The number of nitro groups is 1. The maximum atomic E-state index is 12.7. The van der Waals surface area contributed by atoms with E-state index in [0.717, 1.165) is 0 Å². The van der Waals surface area contributed by atoms with Crippen molar-refractivity contribution in [2.75, 3.05) is 40.6 Å². The largest absolute Gasteiger partial charge is 0.493 e. The number of hydrogen-bond acceptors (Lipinski definition) is 8. The van der Waals surface area contributed by atoms with Gasteiger partial charge in [-0.25, -0.2) is 0 Å². The van der Waals surface area contributed by atoms with Crippen molar-refractivity contribution in [3.63, 3.8) is 0 Å². The minimum Gasteiger partial charge on any atom is -0.493 e. The number of benzene rings is 2. The van der Waals surface area contributed by atoms with Crippen LogP contribution in [0.4, 0.5) is 5.69 Å². The number of ether oxygens (including phenoxy) is 5. The average Bonchev–Trinajstić information content (AvgIpc) is 2.77. The molecule has 2 aromatic carbocycles. The van der Waals surface area contributed by atoms with E-state index in [4.69, 9.17) is 23.7 Å². The molecule has 160 valence electrons. The third-order valence-electron chi connectivity index (χ3n) is 4.33. The van der Waals surface area contributed by atoms with Gasteiger partial charge < -0.3 is 29.0 Å². The third-order valence-corrected chi connectivity index (χ3v) is 4.33. The summed E-state index contributed by atoms with van der Waals surface area (Å²) in [5.74, 6) is 0.926. The molecule has 0 bridgehead atoms. The van der Waals surface area contributed by atoms with Gasteiger partial charge in [0.25, 0.3) is 11.6 Å². The van der Waals surface area contributed by atoms with Crippen molar-refractivity contribution in [2.24, 2.45) is 0 Å². The summed E-state index contributed by atoms with van der Waals surface area (Å²) >= 11 is 0. The fraction of sp³-hybridized carbons (Fsp3) is 0.350. The Morgan fingerprint density at radius 3 is 2.67 bits per heavy atom. The molecule has 1 N–H and O–H groups in total. The first-order valence-electron chi connectivity index (χ1n) is 9.18. The molecular weight excluding hydrogens is 396 g/mol. The minimum absolute atomic E-state index is 0.110. The number of carbonyl (C=O) groups is 1. The van der Waals surface area contributed by atoms with Crippen LogP contribution in [0.15, 0.2) is 36.4 Å². The molecule has 1 heterocycles. The van der Waals surface area contributed by atoms with Crippen molar-refractivity contribution in [3.8, 4) is 23.0 Å². The summed E-state index contributed by atoms with van der Waals surface area (Å²) < 4.78 is 27.0. The van der Waals surface area contributed by atoms with E-state index in [2.05, 4.69) is 5.32 Å². The molecule has 1 amide bonds. The lowest BCUT2D eigenvalue weighted by Crippen LogP contribution is -2.40. The molecule has 1 unspecified atom stereocenters. The molecule has 0 saturated heterocycles. The zero-order valence-electron chi connectivity index (χ0n) is 16.6. The molecule has 0 spiro atoms. The number of nitrogens with zero attached hydrogens (tertiary/aromatic N) is 1. The van der Waals surface area contributed by atoms with E-state index < -0.39 is 22.6 Å². The molecule has 0 aromatic heterocycles. The van der Waals surface area contributed by atoms with Crippen molar-refractivity contribution in [2.45, 2.75) is 6.10 Å². The Hall–Kier alpha value is -3.53. The van der Waals surface area contributed by atoms with Gasteiger partial charge in [-0.05, 0) is 12.1 Å².